The summed E-state index contributed by atoms with van der Waals surface area (Å²) in [6.45, 7) is 2.22. The monoisotopic (exact) mass is 337 g/mol. The number of hydrogen-bond acceptors (Lipinski definition) is 4. The molecule has 1 aliphatic heterocycles. The van der Waals surface area contributed by atoms with Crippen LogP contribution in [0.3, 0.4) is 0 Å². The molecule has 0 radical (unpaired) electrons. The van der Waals surface area contributed by atoms with E-state index in [1.807, 2.05) is 19.6 Å². The second-order valence-electron chi connectivity index (χ2n) is 2.48. The van der Waals surface area contributed by atoms with E-state index in [-0.39, 0.29) is 12.2 Å². The zero-order valence-electron chi connectivity index (χ0n) is 6.15. The summed E-state index contributed by atoms with van der Waals surface area (Å²) in [4.78, 5) is 10.5. The number of nitrogens with one attached hydrogen (secondary N) is 1. The van der Waals surface area contributed by atoms with Gasteiger partial charge in [0.25, 0.3) is 0 Å². The maximum absolute atomic E-state index is 10.5. The van der Waals surface area contributed by atoms with Gasteiger partial charge in [0.1, 0.15) is 0 Å². The summed E-state index contributed by atoms with van der Waals surface area (Å²) in [7, 11) is 0. The third-order valence-corrected chi connectivity index (χ3v) is 2.32. The van der Waals surface area contributed by atoms with Crippen LogP contribution in [0.2, 0.25) is 0 Å². The summed E-state index contributed by atoms with van der Waals surface area (Å²) in [5, 5.41) is 3.05. The quantitative estimate of drug-likeness (QED) is 0.720. The van der Waals surface area contributed by atoms with Crippen molar-refractivity contribution >= 4 is 5.97 Å². The number of carbonyl (C=O) groups is 1. The average Bonchev–Trinajstić information content (AvgIpc) is 2.34. The molecule has 5 heteroatoms. The number of ether oxygens (including phenoxy) is 1. The second-order valence-corrected chi connectivity index (χ2v) is 3.06. The van der Waals surface area contributed by atoms with Crippen molar-refractivity contribution in [2.45, 2.75) is 25.6 Å². The van der Waals surface area contributed by atoms with Crippen molar-refractivity contribution in [2.75, 3.05) is 6.54 Å². The van der Waals surface area contributed by atoms with E-state index >= 15 is 0 Å². The van der Waals surface area contributed by atoms with Crippen LogP contribution in [-0.4, -0.2) is 24.8 Å². The molecule has 1 aliphatic rings. The van der Waals surface area contributed by atoms with Crippen molar-refractivity contribution in [3.8, 4) is 0 Å². The van der Waals surface area contributed by atoms with E-state index in [9.17, 15) is 4.79 Å². The Hall–Kier alpha value is -0.0817. The molecule has 66 valence electrons. The van der Waals surface area contributed by atoms with Gasteiger partial charge in [-0.2, -0.15) is 0 Å². The molecule has 4 nitrogen and oxygen atoms in total. The Morgan fingerprint density at radius 3 is 3.00 bits per heavy atom. The molecule has 1 rings (SSSR count). The Labute approximate surface area is 76.4 Å². The van der Waals surface area contributed by atoms with E-state index in [0.29, 0.717) is 6.04 Å². The minimum absolute atomic E-state index is 0.128. The van der Waals surface area contributed by atoms with E-state index in [0.717, 1.165) is 13.0 Å². The molecule has 0 aromatic carbocycles. The molecule has 0 spiro atoms. The number of hydrogen-bond donors (Lipinski definition) is 1. The fourth-order valence-corrected chi connectivity index (χ4v) is 1.48. The molecule has 11 heavy (non-hydrogen) atoms. The molecule has 0 unspecified atom stereocenters. The van der Waals surface area contributed by atoms with Crippen molar-refractivity contribution in [3.63, 3.8) is 0 Å². The molecule has 0 bridgehead atoms. The number of carbonyl (C=O) groups excluding carboxylic acids is 1. The van der Waals surface area contributed by atoms with Crippen LogP contribution in [-0.2, 0) is 29.2 Å². The van der Waals surface area contributed by atoms with Gasteiger partial charge >= 0.3 is 76.1 Å². The van der Waals surface area contributed by atoms with Crippen LogP contribution in [0.15, 0.2) is 3.50 Å². The Morgan fingerprint density at radius 1 is 1.82 bits per heavy atom. The van der Waals surface area contributed by atoms with Crippen molar-refractivity contribution in [3.05, 3.63) is 0 Å². The van der Waals surface area contributed by atoms with Crippen LogP contribution < -0.4 is 5.32 Å². The topological polar surface area (TPSA) is 50.7 Å². The van der Waals surface area contributed by atoms with Gasteiger partial charge in [0.2, 0.25) is 0 Å². The van der Waals surface area contributed by atoms with Gasteiger partial charge in [0.05, 0.1) is 0 Å². The molecule has 1 N–H and O–H groups in total. The third-order valence-electron chi connectivity index (χ3n) is 1.49. The molecule has 2 atom stereocenters. The molecule has 0 aromatic heterocycles. The predicted molar refractivity (Wildman–Crippen MR) is 34.4 cm³/mol. The van der Waals surface area contributed by atoms with Crippen LogP contribution in [0.25, 0.3) is 0 Å². The van der Waals surface area contributed by atoms with Gasteiger partial charge in [-0.05, 0) is 0 Å². The molecule has 1 saturated heterocycles. The summed E-state index contributed by atoms with van der Waals surface area (Å²) < 4.78 is 8.99. The normalized spacial score (nSPS) is 30.1. The van der Waals surface area contributed by atoms with Gasteiger partial charge in [-0.15, -0.1) is 0 Å². The number of nitrogens with zero attached hydrogens (tertiary/aromatic N) is 1. The van der Waals surface area contributed by atoms with Gasteiger partial charge in [0.15, 0.2) is 0 Å². The molecular weight excluding hydrogens is 327 g/mol. The zero-order valence-corrected chi connectivity index (χ0v) is 8.42. The SMILES string of the molecule is CC(=O)O[C@@H]1C[C@H]([N]=[Pt])CN1. The first-order chi connectivity index (χ1) is 5.22. The zero-order chi connectivity index (χ0) is 8.27. The molecule has 0 amide bonds. The van der Waals surface area contributed by atoms with E-state index in [2.05, 4.69) is 8.81 Å². The van der Waals surface area contributed by atoms with Crippen molar-refractivity contribution in [2.24, 2.45) is 3.50 Å². The molecule has 0 saturated carbocycles. The van der Waals surface area contributed by atoms with Gasteiger partial charge in [-0.25, -0.2) is 0 Å². The first-order valence-corrected chi connectivity index (χ1v) is 4.43. The average molecular weight is 337 g/mol. The van der Waals surface area contributed by atoms with Crippen LogP contribution in [0.1, 0.15) is 13.3 Å². The summed E-state index contributed by atoms with van der Waals surface area (Å²) in [6.07, 6.45) is 0.666. The maximum atomic E-state index is 10.5. The van der Waals surface area contributed by atoms with Gasteiger partial charge < -0.3 is 0 Å². The molecular formula is C6H10N2O2Pt. The van der Waals surface area contributed by atoms with Gasteiger partial charge in [-0.3, -0.25) is 0 Å². The second kappa shape index (κ2) is 4.07. The van der Waals surface area contributed by atoms with Crippen molar-refractivity contribution < 1.29 is 29.2 Å². The number of rotatable bonds is 2. The third kappa shape index (κ3) is 2.79. The summed E-state index contributed by atoms with van der Waals surface area (Å²) in [6, 6.07) is 0.293. The van der Waals surface area contributed by atoms with E-state index in [1.165, 1.54) is 6.92 Å². The van der Waals surface area contributed by atoms with Crippen LogP contribution >= 0.6 is 0 Å². The first kappa shape index (κ1) is 9.01. The molecule has 0 aliphatic carbocycles. The Bertz CT molecular complexity index is 174. The fraction of sp³-hybridized carbons (Fsp3) is 0.833. The fourth-order valence-electron chi connectivity index (χ4n) is 1.03. The summed E-state index contributed by atoms with van der Waals surface area (Å²) in [5.41, 5.74) is 0. The van der Waals surface area contributed by atoms with Crippen LogP contribution in [0.5, 0.6) is 0 Å². The van der Waals surface area contributed by atoms with Crippen LogP contribution in [0.4, 0.5) is 0 Å². The van der Waals surface area contributed by atoms with Crippen LogP contribution in [0, 0.1) is 0 Å². The standard InChI is InChI=1S/C6H10N2O2.Pt/c1-4(9)10-6-2-5(7)3-8-6;/h5-6,8H,2-3H2,1H3;/t5-,6+;/m0./s1. The summed E-state index contributed by atoms with van der Waals surface area (Å²) in [5.74, 6) is -0.239. The van der Waals surface area contributed by atoms with Crippen molar-refractivity contribution in [1.82, 2.24) is 5.32 Å². The number of esters is 1. The van der Waals surface area contributed by atoms with Crippen molar-refractivity contribution in [1.29, 1.82) is 0 Å². The van der Waals surface area contributed by atoms with E-state index in [4.69, 9.17) is 4.74 Å². The Balaban J connectivity index is 2.29. The molecule has 1 heterocycles. The molecule has 1 fully saturated rings. The minimum atomic E-state index is -0.239. The first-order valence-electron chi connectivity index (χ1n) is 3.41. The predicted octanol–water partition coefficient (Wildman–Crippen LogP) is -0.0321. The van der Waals surface area contributed by atoms with E-state index < -0.39 is 0 Å². The van der Waals surface area contributed by atoms with Gasteiger partial charge in [-0.1, -0.05) is 0 Å². The van der Waals surface area contributed by atoms with Gasteiger partial charge in [0, 0.05) is 0 Å². The molecule has 0 aromatic rings. The Morgan fingerprint density at radius 2 is 2.55 bits per heavy atom. The summed E-state index contributed by atoms with van der Waals surface area (Å²) >= 11 is 1.96. The Kier molecular flexibility index (Phi) is 3.34. The van der Waals surface area contributed by atoms with E-state index in [1.54, 1.807) is 0 Å².